The van der Waals surface area contributed by atoms with Crippen molar-refractivity contribution in [3.63, 3.8) is 0 Å². The van der Waals surface area contributed by atoms with E-state index in [1.54, 1.807) is 0 Å². The fraction of sp³-hybridized carbons (Fsp3) is 0.0175. The van der Waals surface area contributed by atoms with Crippen LogP contribution in [0.3, 0.4) is 0 Å². The van der Waals surface area contributed by atoms with Gasteiger partial charge in [0.15, 0.2) is 0 Å². The van der Waals surface area contributed by atoms with E-state index in [2.05, 4.69) is 211 Å². The van der Waals surface area contributed by atoms with E-state index in [4.69, 9.17) is 9.97 Å². The topological polar surface area (TPSA) is 30.7 Å². The molecule has 0 spiro atoms. The molecular formula is C57H35N3. The van der Waals surface area contributed by atoms with Crippen molar-refractivity contribution in [2.24, 2.45) is 0 Å². The van der Waals surface area contributed by atoms with Gasteiger partial charge in [-0.25, -0.2) is 4.98 Å². The van der Waals surface area contributed by atoms with Crippen LogP contribution in [0.4, 0.5) is 0 Å². The molecule has 13 rings (SSSR count). The van der Waals surface area contributed by atoms with Gasteiger partial charge < -0.3 is 0 Å². The molecule has 2 aromatic heterocycles. The maximum Gasteiger partial charge on any atom is 0.145 e. The van der Waals surface area contributed by atoms with Crippen LogP contribution in [0.5, 0.6) is 0 Å². The van der Waals surface area contributed by atoms with Crippen molar-refractivity contribution in [2.75, 3.05) is 0 Å². The largest absolute Gasteiger partial charge is 0.289 e. The maximum absolute atomic E-state index is 5.70. The standard InChI is InChI=1S/C57H35N3/c1-2-16-35(17-3-1)52-45-26-12-8-24-43(45)50-33-38(30-31-46(50)52)57-59-55-47-27-13-9-22-41(47)42-23-10-15-29-49(42)56(55)60(57)51-34-58-54(48-28-14-11-25-44(48)51)53-39-20-6-4-18-36(39)32-37-19-5-7-21-40(37)53/h1-34,52H. The Morgan fingerprint density at radius 2 is 0.983 bits per heavy atom. The molecule has 0 saturated carbocycles. The van der Waals surface area contributed by atoms with E-state index in [0.717, 1.165) is 60.9 Å². The van der Waals surface area contributed by atoms with Gasteiger partial charge in [-0.2, -0.15) is 0 Å². The van der Waals surface area contributed by atoms with Gasteiger partial charge in [0.05, 0.1) is 28.6 Å². The predicted molar refractivity (Wildman–Crippen MR) is 250 cm³/mol. The minimum Gasteiger partial charge on any atom is -0.289 e. The van der Waals surface area contributed by atoms with Crippen molar-refractivity contribution in [3.05, 3.63) is 223 Å². The van der Waals surface area contributed by atoms with Gasteiger partial charge in [0.25, 0.3) is 0 Å². The van der Waals surface area contributed by atoms with Crippen LogP contribution < -0.4 is 0 Å². The first-order valence-electron chi connectivity index (χ1n) is 20.7. The van der Waals surface area contributed by atoms with E-state index in [1.807, 2.05) is 0 Å². The summed E-state index contributed by atoms with van der Waals surface area (Å²) in [4.78, 5) is 11.2. The van der Waals surface area contributed by atoms with Crippen LogP contribution in [0.15, 0.2) is 206 Å². The van der Waals surface area contributed by atoms with Crippen LogP contribution in [-0.2, 0) is 0 Å². The summed E-state index contributed by atoms with van der Waals surface area (Å²) in [6, 6.07) is 72.8. The molecule has 2 heterocycles. The number of aromatic nitrogens is 3. The van der Waals surface area contributed by atoms with E-state index in [-0.39, 0.29) is 5.92 Å². The number of fused-ring (bicyclic) bond motifs is 12. The van der Waals surface area contributed by atoms with E-state index >= 15 is 0 Å². The molecule has 10 aromatic carbocycles. The predicted octanol–water partition coefficient (Wildman–Crippen LogP) is 14.7. The Hall–Kier alpha value is -7.88. The monoisotopic (exact) mass is 761 g/mol. The first kappa shape index (κ1) is 33.1. The first-order valence-corrected chi connectivity index (χ1v) is 20.7. The Labute approximate surface area is 346 Å². The Balaban J connectivity index is 1.13. The average molecular weight is 762 g/mol. The molecule has 0 saturated heterocycles. The molecule has 278 valence electrons. The van der Waals surface area contributed by atoms with Crippen LogP contribution in [0.1, 0.15) is 22.6 Å². The Morgan fingerprint density at radius 1 is 0.417 bits per heavy atom. The quantitative estimate of drug-likeness (QED) is 0.132. The lowest BCUT2D eigenvalue weighted by molar-refractivity contribution is 1.01. The van der Waals surface area contributed by atoms with Crippen LogP contribution in [0.2, 0.25) is 0 Å². The van der Waals surface area contributed by atoms with Crippen molar-refractivity contribution in [1.29, 1.82) is 0 Å². The molecule has 0 N–H and O–H groups in total. The van der Waals surface area contributed by atoms with E-state index < -0.39 is 0 Å². The third-order valence-corrected chi connectivity index (χ3v) is 12.9. The number of imidazole rings is 1. The van der Waals surface area contributed by atoms with E-state index in [1.165, 1.54) is 60.1 Å². The Kier molecular flexibility index (Phi) is 7.07. The number of hydrogen-bond acceptors (Lipinski definition) is 2. The highest BCUT2D eigenvalue weighted by Crippen LogP contribution is 2.50. The van der Waals surface area contributed by atoms with Gasteiger partial charge in [-0.3, -0.25) is 9.55 Å². The second kappa shape index (κ2) is 12.8. The summed E-state index contributed by atoms with van der Waals surface area (Å²) in [5.74, 6) is 1.06. The maximum atomic E-state index is 5.70. The first-order chi connectivity index (χ1) is 29.8. The third-order valence-electron chi connectivity index (χ3n) is 12.9. The molecule has 0 amide bonds. The van der Waals surface area contributed by atoms with Gasteiger partial charge in [0.2, 0.25) is 0 Å². The molecule has 0 bridgehead atoms. The van der Waals surface area contributed by atoms with Crippen molar-refractivity contribution >= 4 is 64.9 Å². The molecule has 60 heavy (non-hydrogen) atoms. The number of nitrogens with zero attached hydrogens (tertiary/aromatic N) is 3. The zero-order valence-electron chi connectivity index (χ0n) is 32.5. The third kappa shape index (κ3) is 4.72. The van der Waals surface area contributed by atoms with Gasteiger partial charge in [-0.05, 0) is 72.3 Å². The lowest BCUT2D eigenvalue weighted by Crippen LogP contribution is -2.02. The van der Waals surface area contributed by atoms with Crippen LogP contribution in [0.25, 0.3) is 104 Å². The van der Waals surface area contributed by atoms with Gasteiger partial charge in [-0.1, -0.05) is 188 Å². The molecule has 12 aromatic rings. The molecule has 1 aliphatic carbocycles. The number of hydrogen-bond donors (Lipinski definition) is 0. The molecular weight excluding hydrogens is 727 g/mol. The van der Waals surface area contributed by atoms with Crippen molar-refractivity contribution in [3.8, 4) is 39.5 Å². The second-order valence-corrected chi connectivity index (χ2v) is 16.0. The molecule has 0 aliphatic heterocycles. The summed E-state index contributed by atoms with van der Waals surface area (Å²) in [5, 5.41) is 11.7. The molecule has 0 radical (unpaired) electrons. The molecule has 1 unspecified atom stereocenters. The summed E-state index contributed by atoms with van der Waals surface area (Å²) >= 11 is 0. The summed E-state index contributed by atoms with van der Waals surface area (Å²) in [6.07, 6.45) is 2.09. The summed E-state index contributed by atoms with van der Waals surface area (Å²) in [5.41, 5.74) is 12.8. The molecule has 3 nitrogen and oxygen atoms in total. The van der Waals surface area contributed by atoms with Gasteiger partial charge in [0, 0.05) is 38.6 Å². The lowest BCUT2D eigenvalue weighted by Gasteiger charge is -2.18. The number of rotatable bonds is 4. The minimum absolute atomic E-state index is 0.170. The normalized spacial score (nSPS) is 13.5. The van der Waals surface area contributed by atoms with Crippen LogP contribution >= 0.6 is 0 Å². The Bertz CT molecular complexity index is 3670. The number of pyridine rings is 1. The minimum atomic E-state index is 0.170. The van der Waals surface area contributed by atoms with E-state index in [9.17, 15) is 0 Å². The highest BCUT2D eigenvalue weighted by atomic mass is 15.1. The molecule has 1 aliphatic rings. The summed E-state index contributed by atoms with van der Waals surface area (Å²) in [7, 11) is 0. The lowest BCUT2D eigenvalue weighted by atomic mass is 9.89. The number of benzene rings is 10. The zero-order chi connectivity index (χ0) is 39.3. The Morgan fingerprint density at radius 3 is 1.73 bits per heavy atom. The fourth-order valence-electron chi connectivity index (χ4n) is 10.3. The molecule has 1 atom stereocenters. The van der Waals surface area contributed by atoms with E-state index in [0.29, 0.717) is 0 Å². The zero-order valence-corrected chi connectivity index (χ0v) is 32.5. The second-order valence-electron chi connectivity index (χ2n) is 16.0. The van der Waals surface area contributed by atoms with Crippen molar-refractivity contribution in [2.45, 2.75) is 5.92 Å². The highest BCUT2D eigenvalue weighted by Gasteiger charge is 2.31. The fourth-order valence-corrected chi connectivity index (χ4v) is 10.3. The van der Waals surface area contributed by atoms with Crippen molar-refractivity contribution in [1.82, 2.24) is 14.5 Å². The average Bonchev–Trinajstić information content (AvgIpc) is 3.88. The van der Waals surface area contributed by atoms with Gasteiger partial charge >= 0.3 is 0 Å². The smallest absolute Gasteiger partial charge is 0.145 e. The summed E-state index contributed by atoms with van der Waals surface area (Å²) in [6.45, 7) is 0. The van der Waals surface area contributed by atoms with Crippen LogP contribution in [-0.4, -0.2) is 14.5 Å². The molecule has 0 fully saturated rings. The van der Waals surface area contributed by atoms with Crippen LogP contribution in [0, 0.1) is 0 Å². The highest BCUT2D eigenvalue weighted by molar-refractivity contribution is 6.25. The van der Waals surface area contributed by atoms with Crippen molar-refractivity contribution < 1.29 is 0 Å². The van der Waals surface area contributed by atoms with Gasteiger partial charge in [-0.15, -0.1) is 0 Å². The van der Waals surface area contributed by atoms with Gasteiger partial charge in [0.1, 0.15) is 5.82 Å². The SMILES string of the molecule is c1ccc(C2c3ccccc3-c3cc(-c4nc5c6ccccc6c6ccccc6c5n4-c4cnc(-c5c6ccccc6cc6ccccc56)c5ccccc45)ccc32)cc1. The summed E-state index contributed by atoms with van der Waals surface area (Å²) < 4.78 is 2.40. The molecule has 3 heteroatoms.